The van der Waals surface area contributed by atoms with E-state index >= 15 is 0 Å². The van der Waals surface area contributed by atoms with Crippen molar-refractivity contribution in [2.45, 2.75) is 19.4 Å². The van der Waals surface area contributed by atoms with Gasteiger partial charge in [-0.05, 0) is 42.1 Å². The summed E-state index contributed by atoms with van der Waals surface area (Å²) < 4.78 is 0. The first-order valence-corrected chi connectivity index (χ1v) is 6.30. The van der Waals surface area contributed by atoms with Gasteiger partial charge in [0.15, 0.2) is 0 Å². The molecule has 0 saturated heterocycles. The average molecular weight is 213 g/mol. The molecule has 0 atom stereocenters. The van der Waals surface area contributed by atoms with E-state index in [9.17, 15) is 0 Å². The van der Waals surface area contributed by atoms with Crippen molar-refractivity contribution in [2.24, 2.45) is 0 Å². The van der Waals surface area contributed by atoms with Crippen LogP contribution < -0.4 is 0 Å². The van der Waals surface area contributed by atoms with Crippen LogP contribution in [0.4, 0.5) is 0 Å². The van der Waals surface area contributed by atoms with E-state index in [4.69, 9.17) is 0 Å². The summed E-state index contributed by atoms with van der Waals surface area (Å²) in [6, 6.07) is 2.27. The molecule has 13 heavy (non-hydrogen) atoms. The van der Waals surface area contributed by atoms with E-state index in [0.717, 1.165) is 12.3 Å². The van der Waals surface area contributed by atoms with Crippen LogP contribution in [0.1, 0.15) is 16.9 Å². The summed E-state index contributed by atoms with van der Waals surface area (Å²) in [5.74, 6) is 1.01. The van der Waals surface area contributed by atoms with Crippen LogP contribution in [0.25, 0.3) is 0 Å². The van der Waals surface area contributed by atoms with Gasteiger partial charge in [-0.1, -0.05) is 0 Å². The van der Waals surface area contributed by atoms with Crippen molar-refractivity contribution in [2.75, 3.05) is 18.8 Å². The first-order valence-electron chi connectivity index (χ1n) is 4.78. The number of thiophene rings is 1. The van der Waals surface area contributed by atoms with Crippen LogP contribution in [0.15, 0.2) is 11.4 Å². The van der Waals surface area contributed by atoms with Crippen LogP contribution in [-0.2, 0) is 13.0 Å². The molecule has 1 aliphatic rings. The highest BCUT2D eigenvalue weighted by molar-refractivity contribution is 7.80. The number of rotatable bonds is 3. The molecule has 3 heteroatoms. The minimum atomic E-state index is 1.01. The van der Waals surface area contributed by atoms with E-state index in [1.165, 1.54) is 25.9 Å². The van der Waals surface area contributed by atoms with Gasteiger partial charge in [-0.25, -0.2) is 0 Å². The summed E-state index contributed by atoms with van der Waals surface area (Å²) in [4.78, 5) is 4.13. The average Bonchev–Trinajstić information content (AvgIpc) is 2.61. The molecular formula is C10H15NS2. The smallest absolute Gasteiger partial charge is 0.0244 e. The first-order chi connectivity index (χ1) is 6.40. The van der Waals surface area contributed by atoms with Crippen LogP contribution in [0.5, 0.6) is 0 Å². The Bertz CT molecular complexity index is 270. The van der Waals surface area contributed by atoms with Crippen molar-refractivity contribution in [1.29, 1.82) is 0 Å². The predicted octanol–water partition coefficient (Wildman–Crippen LogP) is 2.43. The maximum atomic E-state index is 4.24. The van der Waals surface area contributed by atoms with E-state index in [-0.39, 0.29) is 0 Å². The maximum absolute atomic E-state index is 4.24. The van der Waals surface area contributed by atoms with Crippen LogP contribution in [0, 0.1) is 0 Å². The van der Waals surface area contributed by atoms with Gasteiger partial charge in [-0.2, -0.15) is 12.6 Å². The molecule has 0 fully saturated rings. The van der Waals surface area contributed by atoms with Crippen LogP contribution in [0.2, 0.25) is 0 Å². The lowest BCUT2D eigenvalue weighted by Gasteiger charge is -2.26. The van der Waals surface area contributed by atoms with Crippen molar-refractivity contribution < 1.29 is 0 Å². The Labute approximate surface area is 89.2 Å². The summed E-state index contributed by atoms with van der Waals surface area (Å²) in [6.07, 6.45) is 2.46. The Morgan fingerprint density at radius 1 is 1.54 bits per heavy atom. The molecule has 0 bridgehead atoms. The van der Waals surface area contributed by atoms with E-state index in [0.29, 0.717) is 0 Å². The Morgan fingerprint density at radius 2 is 2.46 bits per heavy atom. The zero-order valence-corrected chi connectivity index (χ0v) is 9.41. The van der Waals surface area contributed by atoms with Gasteiger partial charge in [0.05, 0.1) is 0 Å². The summed E-state index contributed by atoms with van der Waals surface area (Å²) >= 11 is 6.15. The molecule has 0 radical (unpaired) electrons. The standard InChI is InChI=1S/C10H15NS2/c12-6-1-4-11-5-2-10-9(8-11)3-7-13-10/h3,7,12H,1-2,4-6,8H2. The monoisotopic (exact) mass is 213 g/mol. The lowest BCUT2D eigenvalue weighted by atomic mass is 10.1. The lowest BCUT2D eigenvalue weighted by Crippen LogP contribution is -2.30. The van der Waals surface area contributed by atoms with Gasteiger partial charge in [0.2, 0.25) is 0 Å². The molecule has 0 spiro atoms. The Hall–Kier alpha value is 0.0100. The van der Waals surface area contributed by atoms with Crippen LogP contribution in [-0.4, -0.2) is 23.7 Å². The SMILES string of the molecule is SCCCN1CCc2sccc2C1. The van der Waals surface area contributed by atoms with Gasteiger partial charge in [0, 0.05) is 18.0 Å². The molecule has 2 heterocycles. The molecule has 0 unspecified atom stereocenters. The summed E-state index contributed by atoms with van der Waals surface area (Å²) in [5, 5.41) is 2.22. The zero-order valence-electron chi connectivity index (χ0n) is 7.70. The second kappa shape index (κ2) is 4.49. The molecule has 0 saturated carbocycles. The fraction of sp³-hybridized carbons (Fsp3) is 0.600. The van der Waals surface area contributed by atoms with Gasteiger partial charge in [-0.3, -0.25) is 4.90 Å². The number of hydrogen-bond donors (Lipinski definition) is 1. The van der Waals surface area contributed by atoms with Gasteiger partial charge < -0.3 is 0 Å². The van der Waals surface area contributed by atoms with Crippen molar-refractivity contribution >= 4 is 24.0 Å². The van der Waals surface area contributed by atoms with Gasteiger partial charge in [0.25, 0.3) is 0 Å². The van der Waals surface area contributed by atoms with E-state index in [2.05, 4.69) is 29.0 Å². The third-order valence-corrected chi connectivity index (χ3v) is 3.86. The summed E-state index contributed by atoms with van der Waals surface area (Å²) in [5.41, 5.74) is 1.55. The molecule has 72 valence electrons. The normalized spacial score (nSPS) is 17.3. The van der Waals surface area contributed by atoms with E-state index < -0.39 is 0 Å². The first kappa shape index (κ1) is 9.56. The second-order valence-corrected chi connectivity index (χ2v) is 4.92. The number of thiol groups is 1. The third-order valence-electron chi connectivity index (χ3n) is 2.52. The summed E-state index contributed by atoms with van der Waals surface area (Å²) in [6.45, 7) is 3.60. The molecule has 1 aromatic rings. The second-order valence-electron chi connectivity index (χ2n) is 3.47. The highest BCUT2D eigenvalue weighted by Crippen LogP contribution is 2.23. The Kier molecular flexibility index (Phi) is 3.30. The number of hydrogen-bond acceptors (Lipinski definition) is 3. The van der Waals surface area contributed by atoms with Crippen molar-refractivity contribution in [1.82, 2.24) is 4.90 Å². The molecule has 0 aliphatic carbocycles. The molecule has 0 aromatic carbocycles. The molecule has 0 amide bonds. The minimum absolute atomic E-state index is 1.01. The Balaban J connectivity index is 1.93. The third kappa shape index (κ3) is 2.27. The molecule has 0 N–H and O–H groups in total. The van der Waals surface area contributed by atoms with E-state index in [1.54, 1.807) is 10.4 Å². The van der Waals surface area contributed by atoms with Crippen molar-refractivity contribution in [3.63, 3.8) is 0 Å². The van der Waals surface area contributed by atoms with E-state index in [1.807, 2.05) is 11.3 Å². The number of nitrogens with zero attached hydrogens (tertiary/aromatic N) is 1. The Morgan fingerprint density at radius 3 is 3.31 bits per heavy atom. The van der Waals surface area contributed by atoms with Crippen molar-refractivity contribution in [3.8, 4) is 0 Å². The van der Waals surface area contributed by atoms with Crippen molar-refractivity contribution in [3.05, 3.63) is 21.9 Å². The maximum Gasteiger partial charge on any atom is 0.0244 e. The molecule has 1 nitrogen and oxygen atoms in total. The predicted molar refractivity (Wildman–Crippen MR) is 61.8 cm³/mol. The van der Waals surface area contributed by atoms with Crippen LogP contribution >= 0.6 is 24.0 Å². The molecule has 1 aliphatic heterocycles. The fourth-order valence-corrected chi connectivity index (χ4v) is 2.82. The van der Waals surface area contributed by atoms with Crippen LogP contribution in [0.3, 0.4) is 0 Å². The topological polar surface area (TPSA) is 3.24 Å². The lowest BCUT2D eigenvalue weighted by molar-refractivity contribution is 0.257. The summed E-state index contributed by atoms with van der Waals surface area (Å²) in [7, 11) is 0. The highest BCUT2D eigenvalue weighted by Gasteiger charge is 2.15. The quantitative estimate of drug-likeness (QED) is 0.755. The largest absolute Gasteiger partial charge is 0.299 e. The minimum Gasteiger partial charge on any atom is -0.299 e. The molecule has 1 aromatic heterocycles. The van der Waals surface area contributed by atoms with Gasteiger partial charge in [-0.15, -0.1) is 11.3 Å². The highest BCUT2D eigenvalue weighted by atomic mass is 32.1. The zero-order chi connectivity index (χ0) is 9.10. The van der Waals surface area contributed by atoms with Gasteiger partial charge in [0.1, 0.15) is 0 Å². The fourth-order valence-electron chi connectivity index (χ4n) is 1.79. The number of fused-ring (bicyclic) bond motifs is 1. The van der Waals surface area contributed by atoms with Gasteiger partial charge >= 0.3 is 0 Å². The molecule has 2 rings (SSSR count). The molecular weight excluding hydrogens is 198 g/mol.